The molecule has 0 amide bonds. The monoisotopic (exact) mass is 412 g/mol. The minimum Gasteiger partial charge on any atom is -0.468 e. The highest BCUT2D eigenvalue weighted by Crippen LogP contribution is 2.35. The molecule has 2 atom stereocenters. The van der Waals surface area contributed by atoms with Crippen molar-refractivity contribution in [1.82, 2.24) is 0 Å². The smallest absolute Gasteiger partial charge is 0.416 e. The molecule has 0 N–H and O–H groups in total. The molecule has 5 nitrogen and oxygen atoms in total. The van der Waals surface area contributed by atoms with E-state index >= 15 is 0 Å². The molecule has 158 valence electrons. The minimum atomic E-state index is -4.44. The highest BCUT2D eigenvalue weighted by Gasteiger charge is 2.42. The lowest BCUT2D eigenvalue weighted by Crippen LogP contribution is -2.39. The first-order valence-corrected chi connectivity index (χ1v) is 9.23. The van der Waals surface area contributed by atoms with Crippen molar-refractivity contribution in [2.75, 3.05) is 14.2 Å². The van der Waals surface area contributed by atoms with Crippen molar-refractivity contribution in [3.63, 3.8) is 0 Å². The maximum absolute atomic E-state index is 12.7. The van der Waals surface area contributed by atoms with Crippen molar-refractivity contribution in [2.45, 2.75) is 31.9 Å². The highest BCUT2D eigenvalue weighted by molar-refractivity contribution is 5.96. The lowest BCUT2D eigenvalue weighted by atomic mass is 9.73. The Balaban J connectivity index is 2.38. The molecule has 1 fully saturated rings. The van der Waals surface area contributed by atoms with E-state index in [1.807, 2.05) is 0 Å². The Morgan fingerprint density at radius 2 is 1.66 bits per heavy atom. The summed E-state index contributed by atoms with van der Waals surface area (Å²) in [7, 11) is 2.27. The fourth-order valence-corrected chi connectivity index (χ4v) is 3.56. The maximum Gasteiger partial charge on any atom is 0.416 e. The average Bonchev–Trinajstić information content (AvgIpc) is 2.70. The Kier molecular flexibility index (Phi) is 7.59. The van der Waals surface area contributed by atoms with Crippen LogP contribution in [0.15, 0.2) is 30.3 Å². The molecule has 0 saturated heterocycles. The van der Waals surface area contributed by atoms with Gasteiger partial charge in [-0.1, -0.05) is 30.7 Å². The summed E-state index contributed by atoms with van der Waals surface area (Å²) >= 11 is 0. The van der Waals surface area contributed by atoms with E-state index in [2.05, 4.69) is 0 Å². The zero-order chi connectivity index (χ0) is 21.6. The second kappa shape index (κ2) is 9.71. The van der Waals surface area contributed by atoms with Gasteiger partial charge in [-0.25, -0.2) is 0 Å². The number of ketones is 1. The normalized spacial score (nSPS) is 18.7. The van der Waals surface area contributed by atoms with Crippen molar-refractivity contribution < 1.29 is 37.0 Å². The number of methoxy groups -OCH3 is 2. The Labute approximate surface area is 166 Å². The van der Waals surface area contributed by atoms with Crippen LogP contribution in [0, 0.1) is 17.8 Å². The van der Waals surface area contributed by atoms with Gasteiger partial charge in [0, 0.05) is 18.3 Å². The number of hydrogen-bond donors (Lipinski definition) is 0. The molecule has 0 bridgehead atoms. The molecule has 1 aliphatic carbocycles. The lowest BCUT2D eigenvalue weighted by molar-refractivity contribution is -0.162. The number of carbonyl (C=O) groups excluding carboxylic acids is 3. The molecule has 2 rings (SSSR count). The standard InChI is InChI=1S/C21H23F3O5/c1-28-19(26)18(20(27)29-2)16(15-5-3-4-6-17(15)25)12-9-13-7-10-14(11-8-13)21(22,23)24/h7-12,15-16,18H,3-6H2,1-2H3/b12-9+. The van der Waals surface area contributed by atoms with Crippen molar-refractivity contribution in [1.29, 1.82) is 0 Å². The van der Waals surface area contributed by atoms with Crippen LogP contribution in [-0.2, 0) is 30.0 Å². The number of ether oxygens (including phenoxy) is 2. The molecule has 1 aromatic rings. The van der Waals surface area contributed by atoms with Crippen LogP contribution in [0.2, 0.25) is 0 Å². The first kappa shape index (κ1) is 22.6. The maximum atomic E-state index is 12.7. The highest BCUT2D eigenvalue weighted by atomic mass is 19.4. The molecule has 0 radical (unpaired) electrons. The fraction of sp³-hybridized carbons (Fsp3) is 0.476. The van der Waals surface area contributed by atoms with E-state index in [4.69, 9.17) is 9.47 Å². The third kappa shape index (κ3) is 5.68. The number of hydrogen-bond acceptors (Lipinski definition) is 5. The zero-order valence-electron chi connectivity index (χ0n) is 16.2. The van der Waals surface area contributed by atoms with Crippen LogP contribution in [0.3, 0.4) is 0 Å². The zero-order valence-corrected chi connectivity index (χ0v) is 16.2. The molecule has 0 aliphatic heterocycles. The summed E-state index contributed by atoms with van der Waals surface area (Å²) in [5.41, 5.74) is -0.338. The van der Waals surface area contributed by atoms with Gasteiger partial charge in [-0.05, 0) is 30.5 Å². The van der Waals surface area contributed by atoms with E-state index in [1.165, 1.54) is 24.3 Å². The van der Waals surface area contributed by atoms with Gasteiger partial charge in [0.25, 0.3) is 0 Å². The Morgan fingerprint density at radius 1 is 1.07 bits per heavy atom. The molecule has 8 heteroatoms. The topological polar surface area (TPSA) is 69.7 Å². The molecule has 1 aliphatic rings. The number of carbonyl (C=O) groups is 3. The van der Waals surface area contributed by atoms with Gasteiger partial charge in [-0.2, -0.15) is 13.2 Å². The summed E-state index contributed by atoms with van der Waals surface area (Å²) in [6, 6.07) is 4.45. The molecule has 2 unspecified atom stereocenters. The first-order chi connectivity index (χ1) is 13.7. The second-order valence-corrected chi connectivity index (χ2v) is 6.90. The number of esters is 2. The summed E-state index contributed by atoms with van der Waals surface area (Å²) in [4.78, 5) is 37.0. The van der Waals surface area contributed by atoms with E-state index in [-0.39, 0.29) is 5.78 Å². The predicted octanol–water partition coefficient (Wildman–Crippen LogP) is 4.06. The molecular formula is C21H23F3O5. The predicted molar refractivity (Wildman–Crippen MR) is 98.5 cm³/mol. The third-order valence-corrected chi connectivity index (χ3v) is 5.11. The Bertz CT molecular complexity index is 752. The van der Waals surface area contributed by atoms with Gasteiger partial charge in [0.05, 0.1) is 19.8 Å². The fourth-order valence-electron chi connectivity index (χ4n) is 3.56. The van der Waals surface area contributed by atoms with Gasteiger partial charge in [0.1, 0.15) is 5.78 Å². The first-order valence-electron chi connectivity index (χ1n) is 9.23. The third-order valence-electron chi connectivity index (χ3n) is 5.11. The van der Waals surface area contributed by atoms with Crippen LogP contribution in [-0.4, -0.2) is 31.9 Å². The van der Waals surface area contributed by atoms with Crippen LogP contribution in [0.5, 0.6) is 0 Å². The van der Waals surface area contributed by atoms with Crippen molar-refractivity contribution in [3.8, 4) is 0 Å². The van der Waals surface area contributed by atoms with Gasteiger partial charge in [-0.3, -0.25) is 14.4 Å². The largest absolute Gasteiger partial charge is 0.468 e. The molecule has 0 spiro atoms. The van der Waals surface area contributed by atoms with Gasteiger partial charge < -0.3 is 9.47 Å². The molecule has 29 heavy (non-hydrogen) atoms. The number of benzene rings is 1. The summed E-state index contributed by atoms with van der Waals surface area (Å²) < 4.78 is 47.6. The van der Waals surface area contributed by atoms with Crippen LogP contribution < -0.4 is 0 Å². The molecule has 0 aromatic heterocycles. The second-order valence-electron chi connectivity index (χ2n) is 6.90. The van der Waals surface area contributed by atoms with Crippen LogP contribution in [0.1, 0.15) is 36.8 Å². The molecule has 0 heterocycles. The van der Waals surface area contributed by atoms with E-state index < -0.39 is 41.4 Å². The minimum absolute atomic E-state index is 0.0591. The van der Waals surface area contributed by atoms with E-state index in [1.54, 1.807) is 0 Å². The summed E-state index contributed by atoms with van der Waals surface area (Å²) in [5.74, 6) is -4.42. The van der Waals surface area contributed by atoms with Crippen LogP contribution in [0.25, 0.3) is 6.08 Å². The Hall–Kier alpha value is -2.64. The Morgan fingerprint density at radius 3 is 2.14 bits per heavy atom. The quantitative estimate of drug-likeness (QED) is 0.521. The SMILES string of the molecule is COC(=O)C(C(=O)OC)C(/C=C/c1ccc(C(F)(F)F)cc1)C1CCCCC1=O. The number of alkyl halides is 3. The lowest BCUT2D eigenvalue weighted by Gasteiger charge is -2.30. The summed E-state index contributed by atoms with van der Waals surface area (Å²) in [6.07, 6.45) is 0.957. The van der Waals surface area contributed by atoms with E-state index in [9.17, 15) is 27.6 Å². The van der Waals surface area contributed by atoms with Crippen molar-refractivity contribution >= 4 is 23.8 Å². The average molecular weight is 412 g/mol. The van der Waals surface area contributed by atoms with Crippen LogP contribution >= 0.6 is 0 Å². The number of rotatable bonds is 6. The number of allylic oxidation sites excluding steroid dienone is 1. The summed E-state index contributed by atoms with van der Waals surface area (Å²) in [6.45, 7) is 0. The van der Waals surface area contributed by atoms with E-state index in [0.717, 1.165) is 39.2 Å². The van der Waals surface area contributed by atoms with E-state index in [0.29, 0.717) is 18.4 Å². The van der Waals surface area contributed by atoms with Crippen molar-refractivity contribution in [3.05, 3.63) is 41.5 Å². The van der Waals surface area contributed by atoms with Crippen molar-refractivity contribution in [2.24, 2.45) is 17.8 Å². The molecule has 1 aromatic carbocycles. The molecular weight excluding hydrogens is 389 g/mol. The van der Waals surface area contributed by atoms with Gasteiger partial charge in [-0.15, -0.1) is 0 Å². The van der Waals surface area contributed by atoms with Gasteiger partial charge in [0.2, 0.25) is 0 Å². The summed E-state index contributed by atoms with van der Waals surface area (Å²) in [5, 5.41) is 0. The van der Waals surface area contributed by atoms with Crippen LogP contribution in [0.4, 0.5) is 13.2 Å². The van der Waals surface area contributed by atoms with Gasteiger partial charge >= 0.3 is 18.1 Å². The number of Topliss-reactive ketones (excluding diaryl/α,β-unsaturated/α-hetero) is 1. The molecule has 1 saturated carbocycles. The van der Waals surface area contributed by atoms with Gasteiger partial charge in [0.15, 0.2) is 5.92 Å². The number of halogens is 3.